The van der Waals surface area contributed by atoms with E-state index in [4.69, 9.17) is 18.5 Å². The maximum Gasteiger partial charge on any atom is 0.472 e. The number of allylic oxidation sites excluding steroid dienone is 2. The number of aliphatic hydroxyl groups excluding tert-OH is 5. The average molecular weight is 1030 g/mol. The van der Waals surface area contributed by atoms with Gasteiger partial charge in [-0.1, -0.05) is 244 Å². The Kier molecular flexibility index (Phi) is 44.8. The number of phosphoric ester groups is 1. The summed E-state index contributed by atoms with van der Waals surface area (Å²) in [6.45, 7) is 3.37. The van der Waals surface area contributed by atoms with Gasteiger partial charge < -0.3 is 39.9 Å². The molecule has 0 aromatic heterocycles. The summed E-state index contributed by atoms with van der Waals surface area (Å²) in [5.41, 5.74) is 0. The average Bonchev–Trinajstić information content (AvgIpc) is 3.35. The maximum absolute atomic E-state index is 12.9. The topological polar surface area (TPSA) is 210 Å². The van der Waals surface area contributed by atoms with E-state index >= 15 is 0 Å². The second-order valence-corrected chi connectivity index (χ2v) is 22.3. The van der Waals surface area contributed by atoms with E-state index < -0.39 is 75.7 Å². The monoisotopic (exact) mass is 1030 g/mol. The van der Waals surface area contributed by atoms with Crippen molar-refractivity contribution in [2.45, 2.75) is 326 Å². The minimum absolute atomic E-state index is 0.101. The van der Waals surface area contributed by atoms with E-state index in [-0.39, 0.29) is 12.8 Å². The van der Waals surface area contributed by atoms with Crippen LogP contribution < -0.4 is 0 Å². The van der Waals surface area contributed by atoms with Crippen molar-refractivity contribution in [2.75, 3.05) is 13.2 Å². The van der Waals surface area contributed by atoms with Crippen LogP contribution in [0.3, 0.4) is 0 Å². The van der Waals surface area contributed by atoms with Gasteiger partial charge in [-0.05, 0) is 38.5 Å². The lowest BCUT2D eigenvalue weighted by molar-refractivity contribution is -0.220. The van der Waals surface area contributed by atoms with Gasteiger partial charge in [0.1, 0.15) is 43.2 Å². The minimum atomic E-state index is -5.12. The molecule has 0 saturated heterocycles. The van der Waals surface area contributed by atoms with Crippen LogP contribution in [0.5, 0.6) is 0 Å². The normalized spacial score (nSPS) is 20.6. The number of phosphoric acid groups is 1. The first-order valence-electron chi connectivity index (χ1n) is 29.5. The molecule has 8 atom stereocenters. The Morgan fingerprint density at radius 3 is 1.07 bits per heavy atom. The van der Waals surface area contributed by atoms with Crippen LogP contribution in [0.15, 0.2) is 12.2 Å². The van der Waals surface area contributed by atoms with Crippen molar-refractivity contribution in [3.8, 4) is 0 Å². The van der Waals surface area contributed by atoms with Crippen LogP contribution in [-0.2, 0) is 32.7 Å². The molecule has 1 rings (SSSR count). The standard InChI is InChI=1S/C57H109O13P/c1-3-5-7-9-11-13-15-17-19-21-23-25-27-29-31-33-35-37-39-41-43-45-50(58)67-47-49(48-68-71(65,66)70-57-55(63)53(61)52(60)54(62)56(57)64)69-51(59)46-44-42-40-38-36-34-32-30-28-26-24-22-20-18-16-14-12-10-8-6-4-2/h18,20,49,52-57,60-64H,3-17,19,21-48H2,1-2H3,(H,65,66)/b20-18+/t49-,52?,53-,54?,55?,56?,57?/m0/s1. The first kappa shape index (κ1) is 67.6. The molecule has 71 heavy (non-hydrogen) atoms. The molecular weight excluding hydrogens is 924 g/mol. The van der Waals surface area contributed by atoms with Gasteiger partial charge in [-0.15, -0.1) is 0 Å². The van der Waals surface area contributed by atoms with Crippen LogP contribution in [-0.4, -0.2) is 98.3 Å². The van der Waals surface area contributed by atoms with Crippen molar-refractivity contribution in [3.63, 3.8) is 0 Å². The van der Waals surface area contributed by atoms with Gasteiger partial charge in [0.05, 0.1) is 6.61 Å². The van der Waals surface area contributed by atoms with Gasteiger partial charge in [-0.3, -0.25) is 18.6 Å². The zero-order valence-corrected chi connectivity index (χ0v) is 46.2. The minimum Gasteiger partial charge on any atom is -0.462 e. The third kappa shape index (κ3) is 38.8. The summed E-state index contributed by atoms with van der Waals surface area (Å²) in [5.74, 6) is -1.08. The molecule has 6 unspecified atom stereocenters. The predicted octanol–water partition coefficient (Wildman–Crippen LogP) is 13.7. The van der Waals surface area contributed by atoms with Crippen molar-refractivity contribution >= 4 is 19.8 Å². The Labute approximate surface area is 433 Å². The molecule has 0 radical (unpaired) electrons. The van der Waals surface area contributed by atoms with Gasteiger partial charge in [0.2, 0.25) is 0 Å². The number of aliphatic hydroxyl groups is 5. The summed E-state index contributed by atoms with van der Waals surface area (Å²) in [6, 6.07) is 0. The molecule has 1 fully saturated rings. The number of unbranched alkanes of at least 4 members (excludes halogenated alkanes) is 37. The quantitative estimate of drug-likeness (QED) is 0.0145. The molecule has 420 valence electrons. The Bertz CT molecular complexity index is 1290. The van der Waals surface area contributed by atoms with Crippen LogP contribution in [0.1, 0.15) is 284 Å². The first-order valence-corrected chi connectivity index (χ1v) is 31.0. The van der Waals surface area contributed by atoms with Gasteiger partial charge in [-0.2, -0.15) is 0 Å². The van der Waals surface area contributed by atoms with Crippen molar-refractivity contribution in [3.05, 3.63) is 12.2 Å². The van der Waals surface area contributed by atoms with E-state index in [0.717, 1.165) is 44.9 Å². The molecule has 14 heteroatoms. The Hall–Kier alpha value is -1.41. The number of ether oxygens (including phenoxy) is 2. The molecule has 0 aliphatic heterocycles. The molecule has 1 aliphatic carbocycles. The van der Waals surface area contributed by atoms with Crippen LogP contribution in [0.2, 0.25) is 0 Å². The smallest absolute Gasteiger partial charge is 0.462 e. The molecule has 0 aromatic rings. The lowest BCUT2D eigenvalue weighted by Crippen LogP contribution is -2.64. The van der Waals surface area contributed by atoms with Gasteiger partial charge in [-0.25, -0.2) is 4.57 Å². The molecule has 6 N–H and O–H groups in total. The van der Waals surface area contributed by atoms with Gasteiger partial charge in [0.15, 0.2) is 6.10 Å². The molecule has 1 saturated carbocycles. The summed E-state index contributed by atoms with van der Waals surface area (Å²) in [6.07, 6.45) is 41.1. The highest BCUT2D eigenvalue weighted by Crippen LogP contribution is 2.47. The summed E-state index contributed by atoms with van der Waals surface area (Å²) >= 11 is 0. The molecule has 1 aliphatic rings. The number of rotatable bonds is 51. The van der Waals surface area contributed by atoms with E-state index in [2.05, 4.69) is 26.0 Å². The Balaban J connectivity index is 2.31. The van der Waals surface area contributed by atoms with Crippen molar-refractivity contribution < 1.29 is 63.1 Å². The molecule has 0 heterocycles. The third-order valence-corrected chi connectivity index (χ3v) is 15.1. The van der Waals surface area contributed by atoms with Crippen molar-refractivity contribution in [1.82, 2.24) is 0 Å². The second-order valence-electron chi connectivity index (χ2n) is 20.9. The number of esters is 2. The number of hydrogen-bond acceptors (Lipinski definition) is 12. The van der Waals surface area contributed by atoms with Crippen LogP contribution in [0.4, 0.5) is 0 Å². The number of carbonyl (C=O) groups excluding carboxylic acids is 2. The molecular formula is C57H109O13P. The van der Waals surface area contributed by atoms with Crippen molar-refractivity contribution in [2.24, 2.45) is 0 Å². The summed E-state index contributed by atoms with van der Waals surface area (Å²) < 4.78 is 33.8. The number of hydrogen-bond donors (Lipinski definition) is 6. The van der Waals surface area contributed by atoms with E-state index in [1.54, 1.807) is 0 Å². The Morgan fingerprint density at radius 1 is 0.423 bits per heavy atom. The zero-order valence-electron chi connectivity index (χ0n) is 45.3. The van der Waals surface area contributed by atoms with Crippen LogP contribution in [0, 0.1) is 0 Å². The molecule has 0 amide bonds. The van der Waals surface area contributed by atoms with E-state index in [0.29, 0.717) is 12.8 Å². The van der Waals surface area contributed by atoms with E-state index in [1.807, 2.05) is 0 Å². The zero-order chi connectivity index (χ0) is 52.1. The van der Waals surface area contributed by atoms with Gasteiger partial charge in [0, 0.05) is 12.8 Å². The fourth-order valence-corrected chi connectivity index (χ4v) is 10.4. The fraction of sp³-hybridized carbons (Fsp3) is 0.930. The highest BCUT2D eigenvalue weighted by molar-refractivity contribution is 7.47. The van der Waals surface area contributed by atoms with Gasteiger partial charge >= 0.3 is 19.8 Å². The lowest BCUT2D eigenvalue weighted by Gasteiger charge is -2.41. The van der Waals surface area contributed by atoms with Gasteiger partial charge in [0.25, 0.3) is 0 Å². The first-order chi connectivity index (χ1) is 34.4. The third-order valence-electron chi connectivity index (χ3n) is 14.1. The summed E-state index contributed by atoms with van der Waals surface area (Å²) in [7, 11) is -5.12. The highest BCUT2D eigenvalue weighted by atomic mass is 31.2. The summed E-state index contributed by atoms with van der Waals surface area (Å²) in [4.78, 5) is 36.0. The molecule has 0 aromatic carbocycles. The van der Waals surface area contributed by atoms with Crippen molar-refractivity contribution in [1.29, 1.82) is 0 Å². The molecule has 13 nitrogen and oxygen atoms in total. The summed E-state index contributed by atoms with van der Waals surface area (Å²) in [5, 5.41) is 50.4. The van der Waals surface area contributed by atoms with E-state index in [1.165, 1.54) is 199 Å². The van der Waals surface area contributed by atoms with Crippen LogP contribution >= 0.6 is 7.82 Å². The maximum atomic E-state index is 12.9. The highest BCUT2D eigenvalue weighted by Gasteiger charge is 2.51. The fourth-order valence-electron chi connectivity index (χ4n) is 9.40. The Morgan fingerprint density at radius 2 is 0.718 bits per heavy atom. The predicted molar refractivity (Wildman–Crippen MR) is 286 cm³/mol. The largest absolute Gasteiger partial charge is 0.472 e. The molecule has 0 spiro atoms. The van der Waals surface area contributed by atoms with E-state index in [9.17, 15) is 44.6 Å². The SMILES string of the molecule is CCCCCCCC/C=C/CCCCCCCCCCCCCC(=O)O[C@@H](COC(=O)CCCCCCCCCCCCCCCCCCCCCCC)COP(=O)(O)OC1C(O)C(O)C(O)[C@H](O)C1O. The second kappa shape index (κ2) is 47.1. The lowest BCUT2D eigenvalue weighted by atomic mass is 9.85. The molecule has 0 bridgehead atoms. The number of carbonyl (C=O) groups is 2. The van der Waals surface area contributed by atoms with Crippen LogP contribution in [0.25, 0.3) is 0 Å².